The van der Waals surface area contributed by atoms with Crippen LogP contribution in [0.3, 0.4) is 0 Å². The number of amides is 1. The molecule has 0 unspecified atom stereocenters. The Morgan fingerprint density at radius 1 is 1.03 bits per heavy atom. The van der Waals surface area contributed by atoms with Gasteiger partial charge in [0.2, 0.25) is 5.95 Å². The summed E-state index contributed by atoms with van der Waals surface area (Å²) in [4.78, 5) is 25.0. The highest BCUT2D eigenvalue weighted by atomic mass is 35.5. The first-order valence-electron chi connectivity index (χ1n) is 12.0. The lowest BCUT2D eigenvalue weighted by Gasteiger charge is -2.31. The van der Waals surface area contributed by atoms with Gasteiger partial charge in [0.25, 0.3) is 5.91 Å². The summed E-state index contributed by atoms with van der Waals surface area (Å²) < 4.78 is 0. The second-order valence-corrected chi connectivity index (χ2v) is 10.7. The lowest BCUT2D eigenvalue weighted by atomic mass is 9.74. The third-order valence-electron chi connectivity index (χ3n) is 6.64. The van der Waals surface area contributed by atoms with E-state index in [1.807, 2.05) is 44.4 Å². The Morgan fingerprint density at radius 3 is 2.39 bits per heavy atom. The van der Waals surface area contributed by atoms with Crippen LogP contribution in [0.15, 0.2) is 48.7 Å². The van der Waals surface area contributed by atoms with Gasteiger partial charge >= 0.3 is 0 Å². The number of benzene rings is 2. The molecule has 1 fully saturated rings. The minimum atomic E-state index is -0.393. The Bertz CT molecular complexity index is 1210. The molecule has 1 heterocycles. The number of halogens is 3. The van der Waals surface area contributed by atoms with Crippen molar-refractivity contribution in [2.24, 2.45) is 0 Å². The quantitative estimate of drug-likeness (QED) is 0.334. The molecule has 0 saturated heterocycles. The topological polar surface area (TPSA) is 70.2 Å². The monoisotopic (exact) mass is 545 g/mol. The Morgan fingerprint density at radius 2 is 1.72 bits per heavy atom. The van der Waals surface area contributed by atoms with Crippen molar-refractivity contribution in [3.05, 3.63) is 86.1 Å². The third kappa shape index (κ3) is 6.12. The van der Waals surface area contributed by atoms with Gasteiger partial charge in [-0.2, -0.15) is 0 Å². The molecule has 1 amide bonds. The largest absolute Gasteiger partial charge is 0.353 e. The number of rotatable bonds is 9. The fraction of sp³-hybridized carbons (Fsp3) is 0.370. The molecule has 0 bridgehead atoms. The van der Waals surface area contributed by atoms with E-state index in [4.69, 9.17) is 39.8 Å². The van der Waals surface area contributed by atoms with Crippen molar-refractivity contribution in [1.29, 1.82) is 0 Å². The van der Waals surface area contributed by atoms with E-state index in [1.165, 1.54) is 0 Å². The van der Waals surface area contributed by atoms with Gasteiger partial charge in [-0.15, -0.1) is 0 Å². The van der Waals surface area contributed by atoms with Crippen LogP contribution in [0.2, 0.25) is 15.1 Å². The fourth-order valence-corrected chi connectivity index (χ4v) is 5.34. The Labute approximate surface area is 227 Å². The van der Waals surface area contributed by atoms with Crippen molar-refractivity contribution < 1.29 is 4.79 Å². The van der Waals surface area contributed by atoms with Crippen molar-refractivity contribution in [3.8, 4) is 0 Å². The molecule has 1 aliphatic carbocycles. The normalized spacial score (nSPS) is 14.7. The van der Waals surface area contributed by atoms with Gasteiger partial charge in [0.1, 0.15) is 0 Å². The molecule has 9 heteroatoms. The van der Waals surface area contributed by atoms with Gasteiger partial charge in [-0.3, -0.25) is 4.79 Å². The number of hydrogen-bond acceptors (Lipinski definition) is 5. The first-order chi connectivity index (χ1) is 17.3. The molecule has 1 aromatic heterocycles. The van der Waals surface area contributed by atoms with Gasteiger partial charge in [0, 0.05) is 46.3 Å². The summed E-state index contributed by atoms with van der Waals surface area (Å²) in [6, 6.07) is 13.1. The minimum absolute atomic E-state index is 0.240. The summed E-state index contributed by atoms with van der Waals surface area (Å²) in [7, 11) is 4.03. The molecule has 6 nitrogen and oxygen atoms in total. The summed E-state index contributed by atoms with van der Waals surface area (Å²) in [5.74, 6) is 0.278. The van der Waals surface area contributed by atoms with E-state index in [-0.39, 0.29) is 12.5 Å². The van der Waals surface area contributed by atoms with E-state index in [2.05, 4.69) is 20.5 Å². The predicted molar refractivity (Wildman–Crippen MR) is 147 cm³/mol. The number of anilines is 1. The number of nitrogens with one attached hydrogen (secondary N) is 2. The standard InChI is InChI=1S/C27H30Cl3N5O/c1-35(2)14-13-31-26-33-17-22(25(36)32-16-18-5-8-21(29)15-23(18)30)24(34-26)27(11-3-4-12-27)19-6-9-20(28)10-7-19/h5-10,15,17H,3-4,11-14,16H2,1-2H3,(H,32,36)(H,31,33,34). The van der Waals surface area contributed by atoms with Gasteiger partial charge in [-0.25, -0.2) is 9.97 Å². The van der Waals surface area contributed by atoms with Crippen molar-refractivity contribution in [2.45, 2.75) is 37.6 Å². The van der Waals surface area contributed by atoms with Gasteiger partial charge in [0.05, 0.1) is 11.3 Å². The van der Waals surface area contributed by atoms with Crippen molar-refractivity contribution >= 4 is 46.7 Å². The molecule has 0 aliphatic heterocycles. The van der Waals surface area contributed by atoms with Crippen molar-refractivity contribution in [1.82, 2.24) is 20.2 Å². The fourth-order valence-electron chi connectivity index (χ4n) is 4.73. The number of aromatic nitrogens is 2. The second kappa shape index (κ2) is 11.8. The second-order valence-electron chi connectivity index (χ2n) is 9.40. The molecule has 36 heavy (non-hydrogen) atoms. The Hall–Kier alpha value is -2.38. The van der Waals surface area contributed by atoms with Crippen LogP contribution in [0.1, 0.15) is 52.9 Å². The van der Waals surface area contributed by atoms with E-state index in [0.717, 1.165) is 49.0 Å². The van der Waals surface area contributed by atoms with Gasteiger partial charge < -0.3 is 15.5 Å². The molecule has 0 spiro atoms. The molecule has 0 radical (unpaired) electrons. The highest BCUT2D eigenvalue weighted by Crippen LogP contribution is 2.47. The van der Waals surface area contributed by atoms with Crippen LogP contribution in [-0.2, 0) is 12.0 Å². The Balaban J connectivity index is 1.70. The number of carbonyl (C=O) groups excluding carboxylic acids is 1. The van der Waals surface area contributed by atoms with Gasteiger partial charge in [0.15, 0.2) is 0 Å². The van der Waals surface area contributed by atoms with E-state index >= 15 is 0 Å². The number of hydrogen-bond donors (Lipinski definition) is 2. The molecule has 1 aliphatic rings. The average molecular weight is 547 g/mol. The zero-order valence-electron chi connectivity index (χ0n) is 20.5. The minimum Gasteiger partial charge on any atom is -0.353 e. The summed E-state index contributed by atoms with van der Waals surface area (Å²) >= 11 is 18.5. The molecule has 190 valence electrons. The van der Waals surface area contributed by atoms with Crippen LogP contribution < -0.4 is 10.6 Å². The highest BCUT2D eigenvalue weighted by molar-refractivity contribution is 6.35. The molecule has 2 aromatic carbocycles. The molecular weight excluding hydrogens is 517 g/mol. The average Bonchev–Trinajstić information content (AvgIpc) is 3.34. The third-order valence-corrected chi connectivity index (χ3v) is 7.48. The van der Waals surface area contributed by atoms with Crippen LogP contribution in [0, 0.1) is 0 Å². The van der Waals surface area contributed by atoms with Crippen LogP contribution in [0.25, 0.3) is 0 Å². The molecular formula is C27H30Cl3N5O. The maximum atomic E-state index is 13.5. The van der Waals surface area contributed by atoms with E-state index in [1.54, 1.807) is 18.3 Å². The number of nitrogens with zero attached hydrogens (tertiary/aromatic N) is 3. The predicted octanol–water partition coefficient (Wildman–Crippen LogP) is 6.20. The van der Waals surface area contributed by atoms with Crippen LogP contribution in [-0.4, -0.2) is 48.0 Å². The summed E-state index contributed by atoms with van der Waals surface area (Å²) in [6.45, 7) is 1.80. The van der Waals surface area contributed by atoms with E-state index in [9.17, 15) is 4.79 Å². The maximum absolute atomic E-state index is 13.5. The van der Waals surface area contributed by atoms with Crippen molar-refractivity contribution in [3.63, 3.8) is 0 Å². The zero-order chi connectivity index (χ0) is 25.7. The van der Waals surface area contributed by atoms with Crippen molar-refractivity contribution in [2.75, 3.05) is 32.5 Å². The lowest BCUT2D eigenvalue weighted by molar-refractivity contribution is 0.0947. The molecule has 1 saturated carbocycles. The maximum Gasteiger partial charge on any atom is 0.255 e. The molecule has 3 aromatic rings. The Kier molecular flexibility index (Phi) is 8.73. The smallest absolute Gasteiger partial charge is 0.255 e. The number of likely N-dealkylation sites (N-methyl/N-ethyl adjacent to an activating group) is 1. The summed E-state index contributed by atoms with van der Waals surface area (Å²) in [5, 5.41) is 8.04. The lowest BCUT2D eigenvalue weighted by Crippen LogP contribution is -2.33. The molecule has 0 atom stereocenters. The summed E-state index contributed by atoms with van der Waals surface area (Å²) in [5.41, 5.74) is 2.71. The SMILES string of the molecule is CN(C)CCNc1ncc(C(=O)NCc2ccc(Cl)cc2Cl)c(C2(c3ccc(Cl)cc3)CCCC2)n1. The van der Waals surface area contributed by atoms with E-state index < -0.39 is 5.41 Å². The van der Waals surface area contributed by atoms with Crippen LogP contribution in [0.5, 0.6) is 0 Å². The molecule has 2 N–H and O–H groups in total. The number of carbonyl (C=O) groups is 1. The summed E-state index contributed by atoms with van der Waals surface area (Å²) in [6.07, 6.45) is 5.53. The first kappa shape index (κ1) is 26.7. The van der Waals surface area contributed by atoms with Crippen LogP contribution >= 0.6 is 34.8 Å². The van der Waals surface area contributed by atoms with E-state index in [0.29, 0.717) is 33.1 Å². The highest BCUT2D eigenvalue weighted by Gasteiger charge is 2.41. The zero-order valence-corrected chi connectivity index (χ0v) is 22.7. The molecule has 4 rings (SSSR count). The van der Waals surface area contributed by atoms with Gasteiger partial charge in [-0.05, 0) is 62.3 Å². The first-order valence-corrected chi connectivity index (χ1v) is 13.2. The van der Waals surface area contributed by atoms with Crippen LogP contribution in [0.4, 0.5) is 5.95 Å². The van der Waals surface area contributed by atoms with Gasteiger partial charge in [-0.1, -0.05) is 65.8 Å².